The topological polar surface area (TPSA) is 59.6 Å². The van der Waals surface area contributed by atoms with Crippen LogP contribution in [0.15, 0.2) is 30.5 Å². The first-order chi connectivity index (χ1) is 11.6. The predicted octanol–water partition coefficient (Wildman–Crippen LogP) is 4.16. The molecule has 2 N–H and O–H groups in total. The lowest BCUT2D eigenvalue weighted by Gasteiger charge is -2.18. The van der Waals surface area contributed by atoms with Gasteiger partial charge in [-0.1, -0.05) is 31.4 Å². The SMILES string of the molecule is COc1ccc(C(C)NC(=O)N/C=C/C2CCCCC2)cc1OC. The average molecular weight is 332 g/mol. The van der Waals surface area contributed by atoms with E-state index >= 15 is 0 Å². The minimum atomic E-state index is -0.204. The summed E-state index contributed by atoms with van der Waals surface area (Å²) in [4.78, 5) is 12.0. The number of carbonyl (C=O) groups is 1. The zero-order valence-electron chi connectivity index (χ0n) is 14.8. The standard InChI is InChI=1S/C19H28N2O3/c1-14(16-9-10-17(23-2)18(13-16)24-3)21-19(22)20-12-11-15-7-5-4-6-8-15/h9-15H,4-8H2,1-3H3,(H2,20,21,22)/b12-11+. The number of carbonyl (C=O) groups excluding carboxylic acids is 1. The van der Waals surface area contributed by atoms with Crippen molar-refractivity contribution in [2.24, 2.45) is 5.92 Å². The fraction of sp³-hybridized carbons (Fsp3) is 0.526. The first-order valence-corrected chi connectivity index (χ1v) is 8.59. The van der Waals surface area contributed by atoms with Crippen molar-refractivity contribution >= 4 is 6.03 Å². The van der Waals surface area contributed by atoms with Gasteiger partial charge in [0.05, 0.1) is 20.3 Å². The highest BCUT2D eigenvalue weighted by Gasteiger charge is 2.13. The third kappa shape index (κ3) is 5.18. The van der Waals surface area contributed by atoms with Crippen LogP contribution >= 0.6 is 0 Å². The first-order valence-electron chi connectivity index (χ1n) is 8.59. The molecule has 0 radical (unpaired) electrons. The summed E-state index contributed by atoms with van der Waals surface area (Å²) in [6.45, 7) is 1.94. The number of allylic oxidation sites excluding steroid dienone is 1. The Morgan fingerprint density at radius 2 is 1.88 bits per heavy atom. The predicted molar refractivity (Wildman–Crippen MR) is 95.3 cm³/mol. The van der Waals surface area contributed by atoms with Crippen LogP contribution in [0, 0.1) is 5.92 Å². The summed E-state index contributed by atoms with van der Waals surface area (Å²) >= 11 is 0. The molecule has 1 atom stereocenters. The Morgan fingerprint density at radius 3 is 2.54 bits per heavy atom. The maximum absolute atomic E-state index is 12.0. The van der Waals surface area contributed by atoms with Crippen LogP contribution in [0.25, 0.3) is 0 Å². The molecule has 132 valence electrons. The molecule has 5 heteroatoms. The van der Waals surface area contributed by atoms with Crippen LogP contribution in [-0.4, -0.2) is 20.3 Å². The molecular formula is C19H28N2O3. The summed E-state index contributed by atoms with van der Waals surface area (Å²) in [6, 6.07) is 5.30. The van der Waals surface area contributed by atoms with Crippen LogP contribution in [0.3, 0.4) is 0 Å². The smallest absolute Gasteiger partial charge is 0.319 e. The summed E-state index contributed by atoms with van der Waals surface area (Å²) in [6.07, 6.45) is 10.2. The van der Waals surface area contributed by atoms with E-state index in [1.54, 1.807) is 20.4 Å². The Bertz CT molecular complexity index is 566. The molecule has 1 aromatic carbocycles. The molecular weight excluding hydrogens is 304 g/mol. The monoisotopic (exact) mass is 332 g/mol. The summed E-state index contributed by atoms with van der Waals surface area (Å²) < 4.78 is 10.5. The third-order valence-corrected chi connectivity index (χ3v) is 4.49. The molecule has 0 saturated heterocycles. The number of methoxy groups -OCH3 is 2. The second kappa shape index (κ2) is 9.21. The van der Waals surface area contributed by atoms with E-state index < -0.39 is 0 Å². The molecule has 0 aromatic heterocycles. The van der Waals surface area contributed by atoms with Crippen molar-refractivity contribution in [1.82, 2.24) is 10.6 Å². The van der Waals surface area contributed by atoms with Gasteiger partial charge in [0.15, 0.2) is 11.5 Å². The Labute approximate surface area is 144 Å². The Morgan fingerprint density at radius 1 is 1.17 bits per heavy atom. The van der Waals surface area contributed by atoms with E-state index in [1.165, 1.54) is 32.1 Å². The molecule has 2 amide bonds. The van der Waals surface area contributed by atoms with Crippen LogP contribution in [0.1, 0.15) is 50.6 Å². The van der Waals surface area contributed by atoms with Crippen LogP contribution in [-0.2, 0) is 0 Å². The molecule has 1 aromatic rings. The van der Waals surface area contributed by atoms with Gasteiger partial charge in [0.1, 0.15) is 0 Å². The number of hydrogen-bond acceptors (Lipinski definition) is 3. The lowest BCUT2D eigenvalue weighted by Crippen LogP contribution is -2.34. The zero-order chi connectivity index (χ0) is 17.4. The van der Waals surface area contributed by atoms with Gasteiger partial charge < -0.3 is 20.1 Å². The van der Waals surface area contributed by atoms with Gasteiger partial charge in [-0.3, -0.25) is 0 Å². The second-order valence-corrected chi connectivity index (χ2v) is 6.21. The molecule has 1 unspecified atom stereocenters. The largest absolute Gasteiger partial charge is 0.493 e. The van der Waals surface area contributed by atoms with Crippen LogP contribution in [0.5, 0.6) is 11.5 Å². The normalized spacial score (nSPS) is 16.6. The maximum atomic E-state index is 12.0. The van der Waals surface area contributed by atoms with Crippen molar-refractivity contribution in [1.29, 1.82) is 0 Å². The van der Waals surface area contributed by atoms with Crippen molar-refractivity contribution in [2.45, 2.75) is 45.1 Å². The molecule has 5 nitrogen and oxygen atoms in total. The van der Waals surface area contributed by atoms with Crippen molar-refractivity contribution < 1.29 is 14.3 Å². The molecule has 0 bridgehead atoms. The van der Waals surface area contributed by atoms with E-state index in [0.29, 0.717) is 17.4 Å². The van der Waals surface area contributed by atoms with Crippen molar-refractivity contribution in [3.8, 4) is 11.5 Å². The van der Waals surface area contributed by atoms with Gasteiger partial charge in [0.25, 0.3) is 0 Å². The fourth-order valence-electron chi connectivity index (χ4n) is 3.03. The Kier molecular flexibility index (Phi) is 6.97. The molecule has 2 rings (SSSR count). The lowest BCUT2D eigenvalue weighted by molar-refractivity contribution is 0.241. The first kappa shape index (κ1) is 18.2. The van der Waals surface area contributed by atoms with Gasteiger partial charge in [0, 0.05) is 6.20 Å². The van der Waals surface area contributed by atoms with E-state index in [4.69, 9.17) is 9.47 Å². The van der Waals surface area contributed by atoms with Gasteiger partial charge in [-0.2, -0.15) is 0 Å². The van der Waals surface area contributed by atoms with Gasteiger partial charge in [-0.25, -0.2) is 4.79 Å². The molecule has 0 spiro atoms. The summed E-state index contributed by atoms with van der Waals surface area (Å²) in [5.74, 6) is 1.93. The molecule has 1 saturated carbocycles. The van der Waals surface area contributed by atoms with Crippen molar-refractivity contribution in [3.05, 3.63) is 36.0 Å². The average Bonchev–Trinajstić information content (AvgIpc) is 2.61. The van der Waals surface area contributed by atoms with Gasteiger partial charge in [-0.05, 0) is 43.4 Å². The van der Waals surface area contributed by atoms with E-state index in [1.807, 2.05) is 25.1 Å². The van der Waals surface area contributed by atoms with Crippen LogP contribution < -0.4 is 20.1 Å². The second-order valence-electron chi connectivity index (χ2n) is 6.21. The van der Waals surface area contributed by atoms with E-state index in [0.717, 1.165) is 5.56 Å². The summed E-state index contributed by atoms with van der Waals surface area (Å²) in [7, 11) is 3.20. The highest BCUT2D eigenvalue weighted by atomic mass is 16.5. The minimum absolute atomic E-state index is 0.132. The van der Waals surface area contributed by atoms with Gasteiger partial charge in [0.2, 0.25) is 0 Å². The molecule has 1 aliphatic carbocycles. The fourth-order valence-corrected chi connectivity index (χ4v) is 3.03. The van der Waals surface area contributed by atoms with E-state index in [-0.39, 0.29) is 12.1 Å². The number of benzene rings is 1. The molecule has 1 aliphatic rings. The van der Waals surface area contributed by atoms with Gasteiger partial charge in [-0.15, -0.1) is 0 Å². The Hall–Kier alpha value is -2.17. The number of rotatable bonds is 6. The highest BCUT2D eigenvalue weighted by Crippen LogP contribution is 2.29. The quantitative estimate of drug-likeness (QED) is 0.822. The van der Waals surface area contributed by atoms with Crippen LogP contribution in [0.2, 0.25) is 0 Å². The number of amides is 2. The summed E-state index contributed by atoms with van der Waals surface area (Å²) in [5, 5.41) is 5.72. The molecule has 24 heavy (non-hydrogen) atoms. The number of ether oxygens (including phenoxy) is 2. The highest BCUT2D eigenvalue weighted by molar-refractivity contribution is 5.75. The maximum Gasteiger partial charge on any atom is 0.319 e. The lowest BCUT2D eigenvalue weighted by atomic mass is 9.89. The summed E-state index contributed by atoms with van der Waals surface area (Å²) in [5.41, 5.74) is 0.957. The number of urea groups is 1. The molecule has 1 fully saturated rings. The number of hydrogen-bond donors (Lipinski definition) is 2. The van der Waals surface area contributed by atoms with E-state index in [9.17, 15) is 4.79 Å². The number of nitrogens with one attached hydrogen (secondary N) is 2. The zero-order valence-corrected chi connectivity index (χ0v) is 14.8. The van der Waals surface area contributed by atoms with Gasteiger partial charge >= 0.3 is 6.03 Å². The van der Waals surface area contributed by atoms with Crippen molar-refractivity contribution in [3.63, 3.8) is 0 Å². The molecule has 0 aliphatic heterocycles. The molecule has 0 heterocycles. The van der Waals surface area contributed by atoms with E-state index in [2.05, 4.69) is 16.7 Å². The minimum Gasteiger partial charge on any atom is -0.493 e. The van der Waals surface area contributed by atoms with Crippen LogP contribution in [0.4, 0.5) is 4.79 Å². The Balaban J connectivity index is 1.85. The van der Waals surface area contributed by atoms with Crippen molar-refractivity contribution in [2.75, 3.05) is 14.2 Å². The third-order valence-electron chi connectivity index (χ3n) is 4.49.